The van der Waals surface area contributed by atoms with Gasteiger partial charge in [-0.15, -0.1) is 0 Å². The predicted octanol–water partition coefficient (Wildman–Crippen LogP) is 7.37. The Balaban J connectivity index is 0.000000858. The van der Waals surface area contributed by atoms with Gasteiger partial charge in [-0.25, -0.2) is 0 Å². The summed E-state index contributed by atoms with van der Waals surface area (Å²) in [5.41, 5.74) is 8.28. The Kier molecular flexibility index (Phi) is 8.44. The van der Waals surface area contributed by atoms with Crippen molar-refractivity contribution in [2.45, 2.75) is 20.8 Å². The molecule has 0 amide bonds. The maximum absolute atomic E-state index is 4.76. The van der Waals surface area contributed by atoms with Crippen LogP contribution in [0.4, 0.5) is 11.4 Å². The molecule has 0 saturated heterocycles. The van der Waals surface area contributed by atoms with Gasteiger partial charge in [-0.3, -0.25) is 15.0 Å². The molecule has 0 atom stereocenters. The fourth-order valence-corrected chi connectivity index (χ4v) is 3.42. The number of H-pyrrole nitrogens is 1. The first-order valence-corrected chi connectivity index (χ1v) is 12.6. The van der Waals surface area contributed by atoms with Crippen molar-refractivity contribution < 1.29 is 13.1 Å². The van der Waals surface area contributed by atoms with Gasteiger partial charge in [-0.05, 0) is 56.2 Å². The Hall–Kier alpha value is -2.43. The van der Waals surface area contributed by atoms with Crippen molar-refractivity contribution in [3.8, 4) is 0 Å². The second-order valence-electron chi connectivity index (χ2n) is 7.04. The fraction of sp³-hybridized carbons (Fsp3) is 0.125. The quantitative estimate of drug-likeness (QED) is 0.234. The zero-order valence-corrected chi connectivity index (χ0v) is 20.0. The van der Waals surface area contributed by atoms with Gasteiger partial charge < -0.3 is 4.98 Å². The third kappa shape index (κ3) is 6.28. The molecule has 2 aromatic heterocycles. The number of nitrogens with zero attached hydrogens (tertiary/aromatic N) is 3. The molecule has 0 aliphatic heterocycles. The molecule has 4 aromatic rings. The maximum atomic E-state index is 4.76. The second-order valence-corrected chi connectivity index (χ2v) is 8.86. The van der Waals surface area contributed by atoms with Gasteiger partial charge in [0.1, 0.15) is 0 Å². The number of aryl methyl sites for hydroxylation is 3. The molecule has 2 aromatic carbocycles. The van der Waals surface area contributed by atoms with E-state index in [1.807, 2.05) is 54.9 Å². The number of para-hydroxylation sites is 1. The normalized spacial score (nSPS) is 11.4. The molecule has 2 heterocycles. The van der Waals surface area contributed by atoms with Gasteiger partial charge in [0.2, 0.25) is 0 Å². The molecule has 0 bridgehead atoms. The van der Waals surface area contributed by atoms with Gasteiger partial charge in [0, 0.05) is 11.6 Å². The van der Waals surface area contributed by atoms with E-state index in [1.165, 1.54) is 16.7 Å². The summed E-state index contributed by atoms with van der Waals surface area (Å²) in [6, 6.07) is 18.3. The van der Waals surface area contributed by atoms with Gasteiger partial charge in [0.05, 0.1) is 40.7 Å². The van der Waals surface area contributed by atoms with E-state index in [0.29, 0.717) is 0 Å². The zero-order chi connectivity index (χ0) is 22.2. The molecule has 0 spiro atoms. The number of pyridine rings is 1. The van der Waals surface area contributed by atoms with Crippen LogP contribution in [-0.4, -0.2) is 22.4 Å². The van der Waals surface area contributed by atoms with Gasteiger partial charge in [0.25, 0.3) is 0 Å². The summed E-state index contributed by atoms with van der Waals surface area (Å²) in [6.07, 6.45) is 5.48. The molecular formula is C24H22Cl2FeN4. The summed E-state index contributed by atoms with van der Waals surface area (Å²) in [7, 11) is 9.53. The van der Waals surface area contributed by atoms with Crippen LogP contribution in [0.2, 0.25) is 0 Å². The Bertz CT molecular complexity index is 1200. The number of aliphatic imine (C=N–C) groups is 2. The Morgan fingerprint density at radius 2 is 1.48 bits per heavy atom. The topological polar surface area (TPSA) is 53.4 Å². The molecule has 4 rings (SSSR count). The summed E-state index contributed by atoms with van der Waals surface area (Å²) in [5, 5.41) is 1.08. The Labute approximate surface area is 197 Å². The summed E-state index contributed by atoms with van der Waals surface area (Å²) in [5.74, 6) is 0. The summed E-state index contributed by atoms with van der Waals surface area (Å²) in [6.45, 7) is 6.30. The average molecular weight is 493 g/mol. The summed E-state index contributed by atoms with van der Waals surface area (Å²) < 4.78 is 0. The number of aromatic amines is 1. The number of hydrogen-bond donors (Lipinski definition) is 1. The van der Waals surface area contributed by atoms with Crippen LogP contribution in [0.25, 0.3) is 10.9 Å². The van der Waals surface area contributed by atoms with Gasteiger partial charge in [0.15, 0.2) is 0 Å². The molecule has 0 radical (unpaired) electrons. The van der Waals surface area contributed by atoms with Crippen LogP contribution in [0.3, 0.4) is 0 Å². The van der Waals surface area contributed by atoms with E-state index in [0.717, 1.165) is 33.7 Å². The van der Waals surface area contributed by atoms with E-state index >= 15 is 0 Å². The van der Waals surface area contributed by atoms with E-state index in [2.05, 4.69) is 52.9 Å². The summed E-state index contributed by atoms with van der Waals surface area (Å²) in [4.78, 5) is 17.1. The molecular weight excluding hydrogens is 471 g/mol. The first kappa shape index (κ1) is 23.2. The third-order valence-electron chi connectivity index (χ3n) is 4.65. The number of halogens is 2. The van der Waals surface area contributed by atoms with Crippen molar-refractivity contribution in [1.82, 2.24) is 9.97 Å². The molecule has 0 saturated carbocycles. The fourth-order valence-electron chi connectivity index (χ4n) is 3.42. The number of benzene rings is 2. The standard InChI is InChI=1S/C24H22N4.2ClH.Fe/c1-16-12-17(2)23(18(3)13-16)27-15-21-10-9-20(28-21)14-26-22-8-4-6-19-7-5-11-25-24(19)22;;;/h4-15,28H,1-3H3;2*1H;/q;;;+2/p-2. The molecule has 4 nitrogen and oxygen atoms in total. The van der Waals surface area contributed by atoms with Crippen LogP contribution in [0, 0.1) is 20.8 Å². The van der Waals surface area contributed by atoms with Crippen LogP contribution in [0.15, 0.2) is 70.8 Å². The van der Waals surface area contributed by atoms with E-state index in [1.54, 1.807) is 6.20 Å². The number of aromatic nitrogens is 2. The minimum absolute atomic E-state index is 0.194. The molecule has 0 aliphatic rings. The number of nitrogens with one attached hydrogen (secondary N) is 1. The van der Waals surface area contributed by atoms with Gasteiger partial charge in [-0.1, -0.05) is 35.9 Å². The van der Waals surface area contributed by atoms with Crippen LogP contribution < -0.4 is 0 Å². The van der Waals surface area contributed by atoms with Crippen LogP contribution in [-0.2, 0) is 13.1 Å². The van der Waals surface area contributed by atoms with Crippen molar-refractivity contribution in [1.29, 1.82) is 0 Å². The third-order valence-corrected chi connectivity index (χ3v) is 4.65. The molecule has 160 valence electrons. The second kappa shape index (κ2) is 11.3. The monoisotopic (exact) mass is 492 g/mol. The first-order chi connectivity index (χ1) is 15.0. The van der Waals surface area contributed by atoms with Gasteiger partial charge >= 0.3 is 33.3 Å². The first-order valence-electron chi connectivity index (χ1n) is 9.55. The molecule has 0 fully saturated rings. The van der Waals surface area contributed by atoms with E-state index in [-0.39, 0.29) is 13.1 Å². The van der Waals surface area contributed by atoms with Crippen molar-refractivity contribution in [3.63, 3.8) is 0 Å². The molecule has 0 unspecified atom stereocenters. The number of fused-ring (bicyclic) bond motifs is 1. The van der Waals surface area contributed by atoms with Crippen molar-refractivity contribution >= 4 is 54.9 Å². The van der Waals surface area contributed by atoms with Crippen LogP contribution >= 0.6 is 20.2 Å². The Morgan fingerprint density at radius 3 is 2.16 bits per heavy atom. The Morgan fingerprint density at radius 1 is 0.871 bits per heavy atom. The molecule has 1 N–H and O–H groups in total. The average Bonchev–Trinajstić information content (AvgIpc) is 3.20. The molecule has 0 aliphatic carbocycles. The predicted molar refractivity (Wildman–Crippen MR) is 129 cm³/mol. The van der Waals surface area contributed by atoms with E-state index < -0.39 is 0 Å². The van der Waals surface area contributed by atoms with Crippen LogP contribution in [0.1, 0.15) is 28.1 Å². The zero-order valence-electron chi connectivity index (χ0n) is 17.4. The van der Waals surface area contributed by atoms with Crippen molar-refractivity contribution in [2.75, 3.05) is 0 Å². The minimum atomic E-state index is 0.194. The number of hydrogen-bond acceptors (Lipinski definition) is 3. The molecule has 7 heteroatoms. The SMILES string of the molecule is Cc1cc(C)c(N=Cc2ccc(C=Nc3cccc4cccnc34)[nH]2)c(C)c1.[Cl][Fe][Cl]. The summed E-state index contributed by atoms with van der Waals surface area (Å²) >= 11 is 0.194. The van der Waals surface area contributed by atoms with Crippen molar-refractivity contribution in [3.05, 3.63) is 88.9 Å². The van der Waals surface area contributed by atoms with Gasteiger partial charge in [-0.2, -0.15) is 0 Å². The number of rotatable bonds is 4. The van der Waals surface area contributed by atoms with Crippen molar-refractivity contribution in [2.24, 2.45) is 9.98 Å². The van der Waals surface area contributed by atoms with E-state index in [9.17, 15) is 0 Å². The van der Waals surface area contributed by atoms with Crippen LogP contribution in [0.5, 0.6) is 0 Å². The van der Waals surface area contributed by atoms with E-state index in [4.69, 9.17) is 20.2 Å². The molecule has 31 heavy (non-hydrogen) atoms.